The Bertz CT molecular complexity index is 114. The predicted molar refractivity (Wildman–Crippen MR) is 27.5 cm³/mol. The van der Waals surface area contributed by atoms with Gasteiger partial charge in [-0.15, -0.1) is 18.1 Å². The van der Waals surface area contributed by atoms with Gasteiger partial charge in [-0.25, -0.2) is 0 Å². The average molecular weight is 148 g/mol. The van der Waals surface area contributed by atoms with Gasteiger partial charge in [0.2, 0.25) is 0 Å². The van der Waals surface area contributed by atoms with Crippen LogP contribution in [0.3, 0.4) is 0 Å². The van der Waals surface area contributed by atoms with Crippen LogP contribution in [-0.2, 0) is 21.9 Å². The predicted octanol–water partition coefficient (Wildman–Crippen LogP) is 0.836. The normalized spacial score (nSPS) is 16.0. The molecule has 0 saturated heterocycles. The van der Waals surface area contributed by atoms with Gasteiger partial charge in [-0.3, -0.25) is 6.29 Å². The molecule has 0 heterocycles. The van der Waals surface area contributed by atoms with Gasteiger partial charge in [0, 0.05) is 17.1 Å². The first-order valence-corrected chi connectivity index (χ1v) is 2.16. The third kappa shape index (κ3) is 1.64. The van der Waals surface area contributed by atoms with Crippen LogP contribution in [0.25, 0.3) is 0 Å². The van der Waals surface area contributed by atoms with Crippen molar-refractivity contribution in [2.45, 2.75) is 0 Å². The molecule has 0 atom stereocenters. The topological polar surface area (TPSA) is 17.1 Å². The van der Waals surface area contributed by atoms with E-state index in [0.717, 1.165) is 0 Å². The van der Waals surface area contributed by atoms with E-state index in [1.165, 1.54) is 0 Å². The Morgan fingerprint density at radius 2 is 1.75 bits per heavy atom. The number of hydrogen-bond donors (Lipinski definition) is 0. The molecule has 1 radical (unpaired) electrons. The minimum absolute atomic E-state index is 0. The second-order valence-electron chi connectivity index (χ2n) is 1.41. The van der Waals surface area contributed by atoms with Crippen LogP contribution >= 0.6 is 0 Å². The van der Waals surface area contributed by atoms with Gasteiger partial charge >= 0.3 is 0 Å². The number of allylic oxidation sites excluding steroid dienone is 4. The van der Waals surface area contributed by atoms with Crippen LogP contribution in [0.1, 0.15) is 0 Å². The summed E-state index contributed by atoms with van der Waals surface area (Å²) in [6.45, 7) is 0. The molecule has 0 amide bonds. The number of rotatable bonds is 1. The van der Waals surface area contributed by atoms with E-state index in [9.17, 15) is 4.79 Å². The molecule has 2 heteroatoms. The van der Waals surface area contributed by atoms with Crippen LogP contribution in [0, 0.1) is 5.92 Å². The molecule has 8 heavy (non-hydrogen) atoms. The van der Waals surface area contributed by atoms with Gasteiger partial charge in [0.15, 0.2) is 0 Å². The van der Waals surface area contributed by atoms with Gasteiger partial charge in [-0.1, -0.05) is 12.2 Å². The van der Waals surface area contributed by atoms with Gasteiger partial charge in [0.1, 0.15) is 0 Å². The van der Waals surface area contributed by atoms with E-state index in [4.69, 9.17) is 0 Å². The molecule has 0 bridgehead atoms. The van der Waals surface area contributed by atoms with Gasteiger partial charge < -0.3 is 4.79 Å². The molecular formula is C6H5MnO-. The van der Waals surface area contributed by atoms with Crippen LogP contribution in [0.2, 0.25) is 0 Å². The van der Waals surface area contributed by atoms with Crippen LogP contribution in [0.15, 0.2) is 24.3 Å². The van der Waals surface area contributed by atoms with Gasteiger partial charge in [-0.2, -0.15) is 0 Å². The molecule has 0 unspecified atom stereocenters. The smallest absolute Gasteiger partial charge is 0 e. The van der Waals surface area contributed by atoms with Gasteiger partial charge in [0.05, 0.1) is 0 Å². The molecule has 0 fully saturated rings. The summed E-state index contributed by atoms with van der Waals surface area (Å²) in [5.41, 5.74) is 0. The fraction of sp³-hybridized carbons (Fsp3) is 0.167. The molecule has 0 aliphatic heterocycles. The molecule has 43 valence electrons. The van der Waals surface area contributed by atoms with Crippen molar-refractivity contribution in [1.82, 2.24) is 0 Å². The molecule has 0 saturated carbocycles. The quantitative estimate of drug-likeness (QED) is 0.397. The molecule has 0 aromatic carbocycles. The van der Waals surface area contributed by atoms with E-state index in [1.54, 1.807) is 12.2 Å². The fourth-order valence-corrected chi connectivity index (χ4v) is 0.510. The zero-order chi connectivity index (χ0) is 5.11. The maximum absolute atomic E-state index is 9.78. The minimum Gasteiger partial charge on any atom is -0.541 e. The summed E-state index contributed by atoms with van der Waals surface area (Å²) >= 11 is 0. The summed E-state index contributed by atoms with van der Waals surface area (Å²) in [4.78, 5) is 9.78. The number of carbonyl (C=O) groups excluding carboxylic acids is 1. The Hall–Kier alpha value is -0.331. The summed E-state index contributed by atoms with van der Waals surface area (Å²) in [6.07, 6.45) is 9.12. The molecule has 0 aromatic rings. The molecule has 1 aliphatic rings. The van der Waals surface area contributed by atoms with Crippen molar-refractivity contribution in [2.24, 2.45) is 5.92 Å². The monoisotopic (exact) mass is 148 g/mol. The summed E-state index contributed by atoms with van der Waals surface area (Å²) in [5, 5.41) is 0. The molecular weight excluding hydrogens is 143 g/mol. The third-order valence-electron chi connectivity index (χ3n) is 0.884. The van der Waals surface area contributed by atoms with E-state index >= 15 is 0 Å². The van der Waals surface area contributed by atoms with Crippen molar-refractivity contribution in [3.8, 4) is 0 Å². The van der Waals surface area contributed by atoms with Gasteiger partial charge in [0.25, 0.3) is 0 Å². The standard InChI is InChI=1S/C6H5O.Mn/c7-5-6-3-1-2-4-6;/h1-4,6H;/q-1;. The molecule has 0 N–H and O–H groups in total. The zero-order valence-electron chi connectivity index (χ0n) is 4.17. The number of hydrogen-bond acceptors (Lipinski definition) is 1. The van der Waals surface area contributed by atoms with Crippen molar-refractivity contribution < 1.29 is 21.9 Å². The average Bonchev–Trinajstić information content (AvgIpc) is 2.14. The Labute approximate surface area is 58.9 Å². The Morgan fingerprint density at radius 1 is 1.25 bits per heavy atom. The molecule has 1 rings (SSSR count). The maximum Gasteiger partial charge on any atom is 0 e. The largest absolute Gasteiger partial charge is 0.541 e. The molecule has 0 aromatic heterocycles. The first-order valence-electron chi connectivity index (χ1n) is 2.16. The Morgan fingerprint density at radius 3 is 2.00 bits per heavy atom. The zero-order valence-corrected chi connectivity index (χ0v) is 5.35. The SMILES string of the molecule is O=[C-]C1C=CC=C1.[Mn]. The van der Waals surface area contributed by atoms with Crippen LogP contribution in [0.5, 0.6) is 0 Å². The van der Waals surface area contributed by atoms with Crippen LogP contribution < -0.4 is 0 Å². The Kier molecular flexibility index (Phi) is 3.49. The Balaban J connectivity index is 0.000000490. The summed E-state index contributed by atoms with van der Waals surface area (Å²) in [5.74, 6) is -0.0694. The van der Waals surface area contributed by atoms with E-state index in [0.29, 0.717) is 0 Å². The third-order valence-corrected chi connectivity index (χ3v) is 0.884. The van der Waals surface area contributed by atoms with Crippen molar-refractivity contribution >= 4 is 6.29 Å². The van der Waals surface area contributed by atoms with Gasteiger partial charge in [-0.05, 0) is 0 Å². The second kappa shape index (κ2) is 3.64. The van der Waals surface area contributed by atoms with Crippen LogP contribution in [-0.4, -0.2) is 6.29 Å². The van der Waals surface area contributed by atoms with E-state index in [-0.39, 0.29) is 23.0 Å². The van der Waals surface area contributed by atoms with Crippen molar-refractivity contribution in [1.29, 1.82) is 0 Å². The molecule has 0 spiro atoms. The summed E-state index contributed by atoms with van der Waals surface area (Å²) in [7, 11) is 0. The van der Waals surface area contributed by atoms with Crippen molar-refractivity contribution in [3.63, 3.8) is 0 Å². The van der Waals surface area contributed by atoms with E-state index < -0.39 is 0 Å². The van der Waals surface area contributed by atoms with E-state index in [1.807, 2.05) is 18.4 Å². The fourth-order valence-electron chi connectivity index (χ4n) is 0.510. The van der Waals surface area contributed by atoms with Crippen LogP contribution in [0.4, 0.5) is 0 Å². The summed E-state index contributed by atoms with van der Waals surface area (Å²) < 4.78 is 0. The molecule has 1 nitrogen and oxygen atoms in total. The first kappa shape index (κ1) is 7.67. The molecule has 1 aliphatic carbocycles. The first-order chi connectivity index (χ1) is 3.43. The van der Waals surface area contributed by atoms with Crippen molar-refractivity contribution in [3.05, 3.63) is 24.3 Å². The maximum atomic E-state index is 9.78. The summed E-state index contributed by atoms with van der Waals surface area (Å²) in [6, 6.07) is 0. The van der Waals surface area contributed by atoms with E-state index in [2.05, 4.69) is 0 Å². The second-order valence-corrected chi connectivity index (χ2v) is 1.41. The van der Waals surface area contributed by atoms with Crippen molar-refractivity contribution in [2.75, 3.05) is 0 Å². The minimum atomic E-state index is -0.0694.